The first-order chi connectivity index (χ1) is 23.5. The first-order valence-corrected chi connectivity index (χ1v) is 24.9. The molecule has 0 fully saturated rings. The molecule has 0 spiro atoms. The van der Waals surface area contributed by atoms with Gasteiger partial charge in [0, 0.05) is 0 Å². The number of halogens is 4. The SMILES string of the molecule is Cl.Cl.[CH2]=[Zr]([C]1=CC(C(C)(C)C)=CC1CC)([C]1=Cc2cc3c(cc2C1(C)C)Cc1cc2c(cc1-3)C=CC2(C)C)([c]1ccc(F)cc1)[c]1ccc(F)cc1. The predicted octanol–water partition coefficient (Wildman–Crippen LogP) is 12.0. The van der Waals surface area contributed by atoms with Crippen molar-refractivity contribution in [3.8, 4) is 11.1 Å². The molecule has 4 aromatic rings. The quantitative estimate of drug-likeness (QED) is 0.166. The minimum absolute atomic E-state index is 0. The second-order valence-corrected chi connectivity index (χ2v) is 30.3. The van der Waals surface area contributed by atoms with Crippen LogP contribution in [0.5, 0.6) is 0 Å². The van der Waals surface area contributed by atoms with Gasteiger partial charge >= 0.3 is 300 Å². The van der Waals surface area contributed by atoms with E-state index in [1.165, 1.54) is 56.6 Å². The molecule has 8 rings (SSSR count). The van der Waals surface area contributed by atoms with E-state index in [0.29, 0.717) is 0 Å². The summed E-state index contributed by atoms with van der Waals surface area (Å²) >= 11 is -5.26. The Hall–Kier alpha value is -2.97. The molecule has 52 heavy (non-hydrogen) atoms. The molecule has 0 amide bonds. The van der Waals surface area contributed by atoms with Crippen molar-refractivity contribution in [2.45, 2.75) is 79.1 Å². The van der Waals surface area contributed by atoms with E-state index < -0.39 is 18.3 Å². The average molecular weight is 815 g/mol. The van der Waals surface area contributed by atoms with Crippen molar-refractivity contribution in [3.63, 3.8) is 0 Å². The summed E-state index contributed by atoms with van der Waals surface area (Å²) < 4.78 is 40.1. The van der Waals surface area contributed by atoms with Crippen molar-refractivity contribution in [2.24, 2.45) is 11.3 Å². The van der Waals surface area contributed by atoms with Crippen molar-refractivity contribution in [2.75, 3.05) is 0 Å². The van der Waals surface area contributed by atoms with Gasteiger partial charge in [-0.15, -0.1) is 24.8 Å². The third-order valence-electron chi connectivity index (χ3n) is 12.8. The van der Waals surface area contributed by atoms with Gasteiger partial charge in [-0.1, -0.05) is 0 Å². The second-order valence-electron chi connectivity index (χ2n) is 17.6. The van der Waals surface area contributed by atoms with E-state index in [9.17, 15) is 8.78 Å². The van der Waals surface area contributed by atoms with Gasteiger partial charge in [-0.05, 0) is 0 Å². The van der Waals surface area contributed by atoms with Crippen molar-refractivity contribution in [1.29, 1.82) is 0 Å². The molecule has 0 heterocycles. The number of allylic oxidation sites excluding steroid dienone is 6. The Morgan fingerprint density at radius 1 is 0.750 bits per heavy atom. The zero-order valence-electron chi connectivity index (χ0n) is 31.6. The zero-order valence-corrected chi connectivity index (χ0v) is 35.7. The van der Waals surface area contributed by atoms with Crippen LogP contribution in [0.4, 0.5) is 8.78 Å². The van der Waals surface area contributed by atoms with Gasteiger partial charge < -0.3 is 0 Å². The van der Waals surface area contributed by atoms with Crippen LogP contribution in [-0.4, -0.2) is 4.21 Å². The molecule has 0 aliphatic heterocycles. The summed E-state index contributed by atoms with van der Waals surface area (Å²) in [5.41, 5.74) is 11.6. The summed E-state index contributed by atoms with van der Waals surface area (Å²) in [4.78, 5) is 0. The van der Waals surface area contributed by atoms with Gasteiger partial charge in [0.25, 0.3) is 0 Å². The Labute approximate surface area is 322 Å². The zero-order chi connectivity index (χ0) is 35.6. The average Bonchev–Trinajstić information content (AvgIpc) is 3.81. The summed E-state index contributed by atoms with van der Waals surface area (Å²) in [7, 11) is 0. The maximum absolute atomic E-state index is 14.8. The fraction of sp³-hybridized carbons (Fsp3) is 0.298. The van der Waals surface area contributed by atoms with Gasteiger partial charge in [0.15, 0.2) is 0 Å². The molecule has 1 atom stereocenters. The molecule has 0 radical (unpaired) electrons. The Bertz CT molecular complexity index is 2270. The van der Waals surface area contributed by atoms with Gasteiger partial charge in [-0.25, -0.2) is 0 Å². The Balaban J connectivity index is 0.00000232. The molecule has 1 unspecified atom stereocenters. The topological polar surface area (TPSA) is 0 Å². The first kappa shape index (κ1) is 38.7. The molecule has 4 aromatic carbocycles. The maximum atomic E-state index is 14.8. The van der Waals surface area contributed by atoms with E-state index in [0.717, 1.165) is 19.4 Å². The summed E-state index contributed by atoms with van der Waals surface area (Å²) in [6, 6.07) is 24.1. The molecule has 0 aromatic heterocycles. The van der Waals surface area contributed by atoms with Gasteiger partial charge in [0.1, 0.15) is 0 Å². The third kappa shape index (κ3) is 5.31. The van der Waals surface area contributed by atoms with Crippen LogP contribution in [0.25, 0.3) is 23.3 Å². The van der Waals surface area contributed by atoms with Crippen LogP contribution in [0.3, 0.4) is 0 Å². The minimum atomic E-state index is -5.26. The standard InChI is InChI=1S/C23H21.C11H17.2C6H4F.CH2.2ClH.Zr/c1-22(2)7-5-14-10-18-16(12-20(14)22)9-17-13-21-15(11-19(17)18)6-8-23(21,3)4;1-5-9-6-7-10(8-9)11(2,3)4;2*7-6-4-2-1-3-5-6;;;;/h5-7,10-13H,9H2,1-4H3;7-9H,5H2,1-4H3;2*2-5H;1H2;2*1H;. The number of fused-ring (bicyclic) bond motifs is 5. The van der Waals surface area contributed by atoms with Crippen LogP contribution >= 0.6 is 24.8 Å². The van der Waals surface area contributed by atoms with Gasteiger partial charge in [0.2, 0.25) is 0 Å². The molecule has 0 saturated carbocycles. The van der Waals surface area contributed by atoms with E-state index in [-0.39, 0.29) is 58.6 Å². The van der Waals surface area contributed by atoms with E-state index >= 15 is 0 Å². The van der Waals surface area contributed by atoms with Gasteiger partial charge in [-0.2, -0.15) is 0 Å². The molecule has 5 heteroatoms. The Morgan fingerprint density at radius 2 is 1.27 bits per heavy atom. The van der Waals surface area contributed by atoms with Crippen LogP contribution in [0.1, 0.15) is 95.2 Å². The second kappa shape index (κ2) is 12.5. The monoisotopic (exact) mass is 812 g/mol. The summed E-state index contributed by atoms with van der Waals surface area (Å²) in [5, 5.41) is 0. The van der Waals surface area contributed by atoms with Crippen LogP contribution in [0, 0.1) is 23.0 Å². The van der Waals surface area contributed by atoms with Gasteiger partial charge in [-0.3, -0.25) is 0 Å². The summed E-state index contributed by atoms with van der Waals surface area (Å²) in [6.07, 6.45) is 13.8. The molecule has 0 saturated heterocycles. The van der Waals surface area contributed by atoms with Crippen LogP contribution in [-0.2, 0) is 35.5 Å². The van der Waals surface area contributed by atoms with Crippen molar-refractivity contribution in [3.05, 3.63) is 148 Å². The molecular weight excluding hydrogens is 765 g/mol. The first-order valence-electron chi connectivity index (χ1n) is 18.2. The summed E-state index contributed by atoms with van der Waals surface area (Å²) in [5.74, 6) is -0.361. The van der Waals surface area contributed by atoms with Crippen molar-refractivity contribution in [1.82, 2.24) is 0 Å². The van der Waals surface area contributed by atoms with Crippen LogP contribution < -0.4 is 6.54 Å². The number of hydrogen-bond acceptors (Lipinski definition) is 0. The van der Waals surface area contributed by atoms with Crippen LogP contribution in [0.15, 0.2) is 103 Å². The molecule has 4 aliphatic rings. The van der Waals surface area contributed by atoms with E-state index in [1.54, 1.807) is 24.3 Å². The fourth-order valence-electron chi connectivity index (χ4n) is 10.0. The van der Waals surface area contributed by atoms with E-state index in [2.05, 4.69) is 110 Å². The Morgan fingerprint density at radius 3 is 1.79 bits per heavy atom. The molecular formula is C47H50Cl2F2Zr. The molecule has 4 aliphatic carbocycles. The van der Waals surface area contributed by atoms with Gasteiger partial charge in [0.05, 0.1) is 0 Å². The molecule has 0 N–H and O–H groups in total. The molecule has 0 bridgehead atoms. The van der Waals surface area contributed by atoms with Crippen LogP contribution in [0.2, 0.25) is 0 Å². The third-order valence-corrected chi connectivity index (χ3v) is 29.9. The number of hydrogen-bond donors (Lipinski definition) is 0. The fourth-order valence-corrected chi connectivity index (χ4v) is 28.0. The number of rotatable bonds is 5. The predicted molar refractivity (Wildman–Crippen MR) is 221 cm³/mol. The normalized spacial score (nSPS) is 19.1. The number of benzene rings is 4. The molecule has 270 valence electrons. The van der Waals surface area contributed by atoms with E-state index in [1.807, 2.05) is 24.3 Å². The summed E-state index contributed by atoms with van der Waals surface area (Å²) in [6.45, 7) is 18.4. The van der Waals surface area contributed by atoms with E-state index in [4.69, 9.17) is 4.21 Å². The van der Waals surface area contributed by atoms with Crippen molar-refractivity contribution < 1.29 is 27.1 Å². The Kier molecular flexibility index (Phi) is 9.35. The van der Waals surface area contributed by atoms with Crippen molar-refractivity contribution >= 4 is 47.7 Å². The molecule has 0 nitrogen and oxygen atoms in total.